The Morgan fingerprint density at radius 1 is 1.11 bits per heavy atom. The molecular weight excluding hydrogens is 382 g/mol. The maximum Gasteiger partial charge on any atom is 0.263 e. The van der Waals surface area contributed by atoms with E-state index in [1.165, 1.54) is 17.8 Å². The Hall–Kier alpha value is -1.92. The molecule has 1 aliphatic rings. The number of aromatic nitrogens is 1. The number of halogens is 1. The minimum Gasteiger partial charge on any atom is -0.354 e. The minimum absolute atomic E-state index is 0.114. The summed E-state index contributed by atoms with van der Waals surface area (Å²) in [6, 6.07) is 7.40. The van der Waals surface area contributed by atoms with Gasteiger partial charge in [0.1, 0.15) is 9.88 Å². The lowest BCUT2D eigenvalue weighted by Gasteiger charge is -2.20. The second-order valence-corrected chi connectivity index (χ2v) is 8.26. The van der Waals surface area contributed by atoms with Gasteiger partial charge in [0.25, 0.3) is 5.91 Å². The molecule has 5 nitrogen and oxygen atoms in total. The molecule has 0 spiro atoms. The number of amides is 2. The zero-order valence-electron chi connectivity index (χ0n) is 15.4. The van der Waals surface area contributed by atoms with Gasteiger partial charge in [-0.3, -0.25) is 9.59 Å². The number of nitrogens with zero attached hydrogens (tertiary/aromatic N) is 1. The van der Waals surface area contributed by atoms with Crippen LogP contribution in [-0.4, -0.2) is 29.9 Å². The Labute approximate surface area is 168 Å². The van der Waals surface area contributed by atoms with Gasteiger partial charge in [-0.25, -0.2) is 4.98 Å². The van der Waals surface area contributed by atoms with E-state index in [0.29, 0.717) is 28.7 Å². The summed E-state index contributed by atoms with van der Waals surface area (Å²) < 4.78 is 0. The van der Waals surface area contributed by atoms with Crippen molar-refractivity contribution in [3.8, 4) is 10.6 Å². The van der Waals surface area contributed by atoms with E-state index in [2.05, 4.69) is 15.6 Å². The van der Waals surface area contributed by atoms with E-state index in [4.69, 9.17) is 11.6 Å². The van der Waals surface area contributed by atoms with Gasteiger partial charge in [0.2, 0.25) is 5.91 Å². The summed E-state index contributed by atoms with van der Waals surface area (Å²) in [5, 5.41) is 7.26. The zero-order valence-corrected chi connectivity index (χ0v) is 17.0. The van der Waals surface area contributed by atoms with Crippen molar-refractivity contribution in [3.63, 3.8) is 0 Å². The molecule has 0 unspecified atom stereocenters. The first-order valence-electron chi connectivity index (χ1n) is 9.34. The number of rotatable bonds is 6. The highest BCUT2D eigenvalue weighted by atomic mass is 35.5. The van der Waals surface area contributed by atoms with Crippen molar-refractivity contribution in [2.24, 2.45) is 5.92 Å². The van der Waals surface area contributed by atoms with Crippen LogP contribution in [0.4, 0.5) is 0 Å². The van der Waals surface area contributed by atoms with Crippen LogP contribution in [0.15, 0.2) is 24.3 Å². The molecule has 2 aromatic rings. The summed E-state index contributed by atoms with van der Waals surface area (Å²) >= 11 is 7.28. The zero-order chi connectivity index (χ0) is 19.2. The van der Waals surface area contributed by atoms with Crippen molar-refractivity contribution in [1.82, 2.24) is 15.6 Å². The molecule has 27 heavy (non-hydrogen) atoms. The Bertz CT molecular complexity index is 798. The van der Waals surface area contributed by atoms with E-state index in [0.717, 1.165) is 36.3 Å². The summed E-state index contributed by atoms with van der Waals surface area (Å²) in [5.74, 6) is 0.0974. The molecule has 0 bridgehead atoms. The molecule has 7 heteroatoms. The summed E-state index contributed by atoms with van der Waals surface area (Å²) in [4.78, 5) is 29.6. The van der Waals surface area contributed by atoms with E-state index >= 15 is 0 Å². The first kappa shape index (κ1) is 19.8. The van der Waals surface area contributed by atoms with Crippen LogP contribution in [0.2, 0.25) is 5.02 Å². The molecule has 3 rings (SSSR count). The van der Waals surface area contributed by atoms with Gasteiger partial charge in [-0.1, -0.05) is 43.0 Å². The molecule has 1 fully saturated rings. The Balaban J connectivity index is 1.49. The highest BCUT2D eigenvalue weighted by Crippen LogP contribution is 2.28. The number of hydrogen-bond acceptors (Lipinski definition) is 4. The average molecular weight is 406 g/mol. The van der Waals surface area contributed by atoms with Gasteiger partial charge >= 0.3 is 0 Å². The van der Waals surface area contributed by atoms with Gasteiger partial charge in [0, 0.05) is 29.6 Å². The fraction of sp³-hybridized carbons (Fsp3) is 0.450. The molecule has 2 amide bonds. The van der Waals surface area contributed by atoms with E-state index in [9.17, 15) is 9.59 Å². The van der Waals surface area contributed by atoms with Crippen LogP contribution in [-0.2, 0) is 4.79 Å². The van der Waals surface area contributed by atoms with Gasteiger partial charge in [-0.2, -0.15) is 0 Å². The van der Waals surface area contributed by atoms with E-state index < -0.39 is 0 Å². The Morgan fingerprint density at radius 3 is 2.48 bits per heavy atom. The maximum atomic E-state index is 12.4. The molecule has 0 atom stereocenters. The van der Waals surface area contributed by atoms with E-state index in [1.54, 1.807) is 0 Å². The van der Waals surface area contributed by atoms with Crippen LogP contribution in [0, 0.1) is 12.8 Å². The number of hydrogen-bond donors (Lipinski definition) is 2. The molecule has 0 radical (unpaired) electrons. The predicted octanol–water partition coefficient (Wildman–Crippen LogP) is 4.20. The first-order valence-corrected chi connectivity index (χ1v) is 10.5. The number of thiazole rings is 1. The topological polar surface area (TPSA) is 71.1 Å². The van der Waals surface area contributed by atoms with Crippen molar-refractivity contribution < 1.29 is 9.59 Å². The number of benzene rings is 1. The van der Waals surface area contributed by atoms with Crippen molar-refractivity contribution in [2.45, 2.75) is 39.0 Å². The molecule has 0 saturated heterocycles. The normalized spacial score (nSPS) is 14.7. The van der Waals surface area contributed by atoms with Gasteiger partial charge < -0.3 is 10.6 Å². The summed E-state index contributed by atoms with van der Waals surface area (Å²) in [7, 11) is 0. The summed E-state index contributed by atoms with van der Waals surface area (Å²) in [6.07, 6.45) is 5.45. The summed E-state index contributed by atoms with van der Waals surface area (Å²) in [5.41, 5.74) is 1.64. The minimum atomic E-state index is -0.155. The van der Waals surface area contributed by atoms with Crippen LogP contribution in [0.1, 0.15) is 47.5 Å². The number of nitrogens with one attached hydrogen (secondary N) is 2. The van der Waals surface area contributed by atoms with Crippen LogP contribution in [0.25, 0.3) is 10.6 Å². The molecule has 1 saturated carbocycles. The predicted molar refractivity (Wildman–Crippen MR) is 109 cm³/mol. The molecular formula is C20H24ClN3O2S. The van der Waals surface area contributed by atoms with Crippen molar-refractivity contribution in [1.29, 1.82) is 0 Å². The molecule has 1 aliphatic carbocycles. The average Bonchev–Trinajstić information content (AvgIpc) is 3.08. The lowest BCUT2D eigenvalue weighted by atomic mass is 9.89. The van der Waals surface area contributed by atoms with Crippen molar-refractivity contribution >= 4 is 34.8 Å². The standard InChI is InChI=1S/C20H24ClN3O2S/c1-13-17(27-20(24-13)15-7-9-16(21)10-8-15)19(26)23-12-11-22-18(25)14-5-3-2-4-6-14/h7-10,14H,2-6,11-12H2,1H3,(H,22,25)(H,23,26). The summed E-state index contributed by atoms with van der Waals surface area (Å²) in [6.45, 7) is 2.68. The van der Waals surface area contributed by atoms with Crippen LogP contribution < -0.4 is 10.6 Å². The number of carbonyl (C=O) groups excluding carboxylic acids is 2. The second-order valence-electron chi connectivity index (χ2n) is 6.82. The largest absolute Gasteiger partial charge is 0.354 e. The maximum absolute atomic E-state index is 12.4. The molecule has 1 heterocycles. The van der Waals surface area contributed by atoms with E-state index in [-0.39, 0.29) is 17.7 Å². The highest BCUT2D eigenvalue weighted by molar-refractivity contribution is 7.17. The van der Waals surface area contributed by atoms with E-state index in [1.807, 2.05) is 31.2 Å². The third-order valence-electron chi connectivity index (χ3n) is 4.78. The van der Waals surface area contributed by atoms with Gasteiger partial charge in [0.15, 0.2) is 0 Å². The Morgan fingerprint density at radius 2 is 1.78 bits per heavy atom. The monoisotopic (exact) mass is 405 g/mol. The van der Waals surface area contributed by atoms with Crippen molar-refractivity contribution in [2.75, 3.05) is 13.1 Å². The van der Waals surface area contributed by atoms with Gasteiger partial charge in [-0.15, -0.1) is 11.3 Å². The Kier molecular flexibility index (Phi) is 6.85. The third kappa shape index (κ3) is 5.30. The van der Waals surface area contributed by atoms with Gasteiger partial charge in [-0.05, 0) is 31.9 Å². The fourth-order valence-electron chi connectivity index (χ4n) is 3.27. The lowest BCUT2D eigenvalue weighted by Crippen LogP contribution is -2.38. The van der Waals surface area contributed by atoms with Crippen molar-refractivity contribution in [3.05, 3.63) is 39.9 Å². The molecule has 2 N–H and O–H groups in total. The molecule has 144 valence electrons. The van der Waals surface area contributed by atoms with Crippen LogP contribution >= 0.6 is 22.9 Å². The third-order valence-corrected chi connectivity index (χ3v) is 6.24. The van der Waals surface area contributed by atoms with Crippen LogP contribution in [0.5, 0.6) is 0 Å². The molecule has 1 aromatic carbocycles. The molecule has 1 aromatic heterocycles. The first-order chi connectivity index (χ1) is 13.0. The quantitative estimate of drug-likeness (QED) is 0.707. The fourth-order valence-corrected chi connectivity index (χ4v) is 4.39. The van der Waals surface area contributed by atoms with Crippen LogP contribution in [0.3, 0.4) is 0 Å². The smallest absolute Gasteiger partial charge is 0.263 e. The lowest BCUT2D eigenvalue weighted by molar-refractivity contribution is -0.125. The highest BCUT2D eigenvalue weighted by Gasteiger charge is 2.20. The van der Waals surface area contributed by atoms with Gasteiger partial charge in [0.05, 0.1) is 5.69 Å². The number of carbonyl (C=O) groups is 2. The SMILES string of the molecule is Cc1nc(-c2ccc(Cl)cc2)sc1C(=O)NCCNC(=O)C1CCCCC1. The number of aryl methyl sites for hydroxylation is 1. The second kappa shape index (κ2) is 9.33. The molecule has 0 aliphatic heterocycles.